The van der Waals surface area contributed by atoms with Gasteiger partial charge in [-0.05, 0) is 58.6 Å². The van der Waals surface area contributed by atoms with Crippen LogP contribution < -0.4 is 11.1 Å². The lowest BCUT2D eigenvalue weighted by Crippen LogP contribution is -2.13. The lowest BCUT2D eigenvalue weighted by molar-refractivity contribution is -0.116. The Labute approximate surface area is 127 Å². The predicted molar refractivity (Wildman–Crippen MR) is 86.7 cm³/mol. The first kappa shape index (κ1) is 14.6. The van der Waals surface area contributed by atoms with Crippen molar-refractivity contribution < 1.29 is 4.79 Å². The maximum Gasteiger partial charge on any atom is 0.224 e. The number of amides is 1. The summed E-state index contributed by atoms with van der Waals surface area (Å²) in [6.07, 6.45) is 1.12. The van der Waals surface area contributed by atoms with Crippen molar-refractivity contribution in [2.45, 2.75) is 19.8 Å². The highest BCUT2D eigenvalue weighted by Gasteiger charge is 2.07. The van der Waals surface area contributed by atoms with Crippen LogP contribution in [0.2, 0.25) is 0 Å². The predicted octanol–water partition coefficient (Wildman–Crippen LogP) is 3.91. The third-order valence-corrected chi connectivity index (χ3v) is 4.11. The van der Waals surface area contributed by atoms with Gasteiger partial charge in [0, 0.05) is 16.6 Å². The number of rotatable bonds is 4. The number of nitrogens with two attached hydrogens (primary N) is 1. The largest absolute Gasteiger partial charge is 0.399 e. The summed E-state index contributed by atoms with van der Waals surface area (Å²) < 4.78 is 0.928. The number of carbonyl (C=O) groups is 1. The summed E-state index contributed by atoms with van der Waals surface area (Å²) >= 11 is 3.48. The van der Waals surface area contributed by atoms with E-state index in [1.54, 1.807) is 0 Å². The zero-order chi connectivity index (χ0) is 14.5. The number of halogens is 1. The minimum atomic E-state index is -0.00118. The summed E-state index contributed by atoms with van der Waals surface area (Å²) in [6, 6.07) is 13.4. The zero-order valence-corrected chi connectivity index (χ0v) is 12.9. The van der Waals surface area contributed by atoms with Gasteiger partial charge in [-0.3, -0.25) is 4.79 Å². The van der Waals surface area contributed by atoms with Gasteiger partial charge in [-0.1, -0.05) is 24.3 Å². The van der Waals surface area contributed by atoms with E-state index in [1.165, 1.54) is 0 Å². The number of nitrogens with one attached hydrogen (secondary N) is 1. The lowest BCUT2D eigenvalue weighted by atomic mass is 10.1. The number of benzene rings is 2. The van der Waals surface area contributed by atoms with Crippen LogP contribution in [0.3, 0.4) is 0 Å². The van der Waals surface area contributed by atoms with E-state index in [9.17, 15) is 4.79 Å². The fourth-order valence-electron chi connectivity index (χ4n) is 1.96. The van der Waals surface area contributed by atoms with E-state index in [-0.39, 0.29) is 5.91 Å². The van der Waals surface area contributed by atoms with Crippen LogP contribution in [0.1, 0.15) is 17.5 Å². The molecule has 0 aliphatic heterocycles. The molecule has 0 aliphatic carbocycles. The second-order valence-electron chi connectivity index (χ2n) is 4.73. The lowest BCUT2D eigenvalue weighted by Gasteiger charge is -2.09. The topological polar surface area (TPSA) is 55.1 Å². The van der Waals surface area contributed by atoms with Crippen molar-refractivity contribution in [2.24, 2.45) is 0 Å². The molecule has 0 bridgehead atoms. The second-order valence-corrected chi connectivity index (χ2v) is 5.52. The van der Waals surface area contributed by atoms with Gasteiger partial charge in [0.2, 0.25) is 5.91 Å². The Hall–Kier alpha value is -1.81. The van der Waals surface area contributed by atoms with Crippen LogP contribution in [0, 0.1) is 6.92 Å². The van der Waals surface area contributed by atoms with E-state index >= 15 is 0 Å². The van der Waals surface area contributed by atoms with E-state index in [1.807, 2.05) is 49.4 Å². The summed E-state index contributed by atoms with van der Waals surface area (Å²) in [4.78, 5) is 12.0. The molecule has 2 rings (SSSR count). The van der Waals surface area contributed by atoms with Crippen LogP contribution in [0.5, 0.6) is 0 Å². The zero-order valence-electron chi connectivity index (χ0n) is 11.3. The van der Waals surface area contributed by atoms with Crippen LogP contribution >= 0.6 is 15.9 Å². The molecule has 0 spiro atoms. The van der Waals surface area contributed by atoms with E-state index in [0.717, 1.165) is 27.0 Å². The molecule has 0 saturated heterocycles. The minimum absolute atomic E-state index is 0.00118. The number of hydrogen-bond donors (Lipinski definition) is 2. The normalized spacial score (nSPS) is 10.3. The summed E-state index contributed by atoms with van der Waals surface area (Å²) in [5.74, 6) is -0.00118. The summed E-state index contributed by atoms with van der Waals surface area (Å²) in [6.45, 7) is 1.99. The molecule has 0 aromatic heterocycles. The Balaban J connectivity index is 1.94. The first-order valence-corrected chi connectivity index (χ1v) is 7.25. The van der Waals surface area contributed by atoms with Gasteiger partial charge in [-0.15, -0.1) is 0 Å². The fraction of sp³-hybridized carbons (Fsp3) is 0.188. The summed E-state index contributed by atoms with van der Waals surface area (Å²) in [5.41, 5.74) is 9.42. The molecule has 104 valence electrons. The second kappa shape index (κ2) is 6.57. The van der Waals surface area contributed by atoms with E-state index in [2.05, 4.69) is 21.2 Å². The smallest absolute Gasteiger partial charge is 0.224 e. The van der Waals surface area contributed by atoms with Gasteiger partial charge in [-0.25, -0.2) is 0 Å². The average molecular weight is 333 g/mol. The average Bonchev–Trinajstić information content (AvgIpc) is 2.42. The van der Waals surface area contributed by atoms with Gasteiger partial charge in [-0.2, -0.15) is 0 Å². The highest BCUT2D eigenvalue weighted by Crippen LogP contribution is 2.25. The Kier molecular flexibility index (Phi) is 4.79. The van der Waals surface area contributed by atoms with Crippen molar-refractivity contribution in [3.63, 3.8) is 0 Å². The molecule has 2 aromatic rings. The molecule has 1 amide bonds. The highest BCUT2D eigenvalue weighted by atomic mass is 79.9. The van der Waals surface area contributed by atoms with Crippen molar-refractivity contribution in [3.05, 3.63) is 58.1 Å². The summed E-state index contributed by atoms with van der Waals surface area (Å²) in [5, 5.41) is 2.92. The molecule has 4 heteroatoms. The molecule has 0 heterocycles. The van der Waals surface area contributed by atoms with E-state index in [0.29, 0.717) is 12.8 Å². The SMILES string of the molecule is Cc1cccc(NC(=O)CCc2cccc(N)c2)c1Br. The first-order valence-electron chi connectivity index (χ1n) is 6.45. The Morgan fingerprint density at radius 1 is 1.25 bits per heavy atom. The van der Waals surface area contributed by atoms with Gasteiger partial charge in [0.25, 0.3) is 0 Å². The minimum Gasteiger partial charge on any atom is -0.399 e. The third kappa shape index (κ3) is 3.84. The van der Waals surface area contributed by atoms with Crippen LogP contribution in [-0.2, 0) is 11.2 Å². The van der Waals surface area contributed by atoms with Crippen LogP contribution in [0.25, 0.3) is 0 Å². The van der Waals surface area contributed by atoms with Gasteiger partial charge in [0.15, 0.2) is 0 Å². The standard InChI is InChI=1S/C16H17BrN2O/c1-11-4-2-7-14(16(11)17)19-15(20)9-8-12-5-3-6-13(18)10-12/h2-7,10H,8-9,18H2,1H3,(H,19,20). The molecular formula is C16H17BrN2O. The first-order chi connectivity index (χ1) is 9.56. The van der Waals surface area contributed by atoms with Crippen LogP contribution in [-0.4, -0.2) is 5.91 Å². The molecule has 20 heavy (non-hydrogen) atoms. The van der Waals surface area contributed by atoms with Gasteiger partial charge < -0.3 is 11.1 Å². The molecule has 0 radical (unpaired) electrons. The number of nitrogen functional groups attached to an aromatic ring is 1. The molecule has 0 aliphatic rings. The molecule has 2 aromatic carbocycles. The Bertz CT molecular complexity index is 626. The number of aryl methyl sites for hydroxylation is 2. The molecule has 0 fully saturated rings. The Morgan fingerprint density at radius 2 is 2.00 bits per heavy atom. The molecule has 0 saturated carbocycles. The van der Waals surface area contributed by atoms with E-state index < -0.39 is 0 Å². The van der Waals surface area contributed by atoms with Crippen molar-refractivity contribution in [2.75, 3.05) is 11.1 Å². The summed E-state index contributed by atoms with van der Waals surface area (Å²) in [7, 11) is 0. The van der Waals surface area contributed by atoms with Crippen molar-refractivity contribution in [3.8, 4) is 0 Å². The van der Waals surface area contributed by atoms with Gasteiger partial charge in [0.1, 0.15) is 0 Å². The van der Waals surface area contributed by atoms with Crippen LogP contribution in [0.15, 0.2) is 46.9 Å². The highest BCUT2D eigenvalue weighted by molar-refractivity contribution is 9.10. The maximum absolute atomic E-state index is 12.0. The third-order valence-electron chi connectivity index (χ3n) is 3.06. The molecular weight excluding hydrogens is 316 g/mol. The van der Waals surface area contributed by atoms with Crippen molar-refractivity contribution in [1.82, 2.24) is 0 Å². The van der Waals surface area contributed by atoms with Crippen LogP contribution in [0.4, 0.5) is 11.4 Å². The number of anilines is 2. The number of hydrogen-bond acceptors (Lipinski definition) is 2. The molecule has 0 unspecified atom stereocenters. The van der Waals surface area contributed by atoms with Crippen molar-refractivity contribution >= 4 is 33.2 Å². The number of carbonyl (C=O) groups excluding carboxylic acids is 1. The fourth-order valence-corrected chi connectivity index (χ4v) is 2.33. The molecule has 3 N–H and O–H groups in total. The van der Waals surface area contributed by atoms with Gasteiger partial charge in [0.05, 0.1) is 5.69 Å². The maximum atomic E-state index is 12.0. The molecule has 3 nitrogen and oxygen atoms in total. The van der Waals surface area contributed by atoms with E-state index in [4.69, 9.17) is 5.73 Å². The van der Waals surface area contributed by atoms with Crippen molar-refractivity contribution in [1.29, 1.82) is 0 Å². The van der Waals surface area contributed by atoms with Gasteiger partial charge >= 0.3 is 0 Å². The molecule has 0 atom stereocenters. The Morgan fingerprint density at radius 3 is 2.75 bits per heavy atom. The quantitative estimate of drug-likeness (QED) is 0.834. The monoisotopic (exact) mass is 332 g/mol.